The van der Waals surface area contributed by atoms with Gasteiger partial charge in [-0.05, 0) is 25.0 Å². The fraction of sp³-hybridized carbons (Fsp3) is 0.389. The number of methoxy groups -OCH3 is 1. The molecule has 0 saturated heterocycles. The molecule has 1 aliphatic carbocycles. The van der Waals surface area contributed by atoms with Gasteiger partial charge in [0.25, 0.3) is 5.91 Å². The van der Waals surface area contributed by atoms with Crippen molar-refractivity contribution in [2.45, 2.75) is 38.1 Å². The predicted octanol–water partition coefficient (Wildman–Crippen LogP) is 3.48. The van der Waals surface area contributed by atoms with Crippen molar-refractivity contribution in [2.24, 2.45) is 0 Å². The average Bonchev–Trinajstić information content (AvgIpc) is 2.63. The first-order valence-corrected chi connectivity index (χ1v) is 8.28. The van der Waals surface area contributed by atoms with Gasteiger partial charge in [-0.15, -0.1) is 0 Å². The normalized spacial score (nSPS) is 14.9. The zero-order chi connectivity index (χ0) is 16.8. The van der Waals surface area contributed by atoms with E-state index in [4.69, 9.17) is 4.74 Å². The molecule has 0 unspecified atom stereocenters. The monoisotopic (exact) mass is 326 g/mol. The van der Waals surface area contributed by atoms with Crippen molar-refractivity contribution < 1.29 is 9.53 Å². The number of hydrogen-bond donors (Lipinski definition) is 2. The number of benzene rings is 1. The molecule has 0 atom stereocenters. The molecular formula is C18H22N4O2. The number of ether oxygens (including phenoxy) is 1. The number of amides is 1. The summed E-state index contributed by atoms with van der Waals surface area (Å²) in [5.74, 6) is 1.13. The maximum atomic E-state index is 12.4. The quantitative estimate of drug-likeness (QED) is 0.879. The molecule has 6 heteroatoms. The summed E-state index contributed by atoms with van der Waals surface area (Å²) < 4.78 is 5.16. The minimum Gasteiger partial charge on any atom is -0.497 e. The molecular weight excluding hydrogens is 304 g/mol. The maximum absolute atomic E-state index is 12.4. The summed E-state index contributed by atoms with van der Waals surface area (Å²) in [5, 5.41) is 6.23. The van der Waals surface area contributed by atoms with E-state index in [0.717, 1.165) is 12.8 Å². The average molecular weight is 326 g/mol. The van der Waals surface area contributed by atoms with Gasteiger partial charge in [0.05, 0.1) is 7.11 Å². The van der Waals surface area contributed by atoms with Crippen LogP contribution in [0, 0.1) is 0 Å². The van der Waals surface area contributed by atoms with E-state index in [2.05, 4.69) is 20.6 Å². The first-order chi connectivity index (χ1) is 11.7. The number of carbonyl (C=O) groups excluding carboxylic acids is 1. The molecule has 1 aromatic heterocycles. The van der Waals surface area contributed by atoms with Crippen molar-refractivity contribution >= 4 is 17.4 Å². The van der Waals surface area contributed by atoms with Gasteiger partial charge in [-0.2, -0.15) is 0 Å². The summed E-state index contributed by atoms with van der Waals surface area (Å²) in [7, 11) is 1.59. The van der Waals surface area contributed by atoms with E-state index in [1.54, 1.807) is 19.2 Å². The summed E-state index contributed by atoms with van der Waals surface area (Å²) in [4.78, 5) is 20.7. The smallest absolute Gasteiger partial charge is 0.274 e. The van der Waals surface area contributed by atoms with Crippen LogP contribution < -0.4 is 15.4 Å². The lowest BCUT2D eigenvalue weighted by Gasteiger charge is -2.23. The van der Waals surface area contributed by atoms with Gasteiger partial charge < -0.3 is 15.4 Å². The third-order valence-corrected chi connectivity index (χ3v) is 4.18. The summed E-state index contributed by atoms with van der Waals surface area (Å²) in [6.07, 6.45) is 7.50. The van der Waals surface area contributed by atoms with Gasteiger partial charge in [0.1, 0.15) is 23.6 Å². The van der Waals surface area contributed by atoms with Crippen LogP contribution in [0.5, 0.6) is 5.75 Å². The number of nitrogens with zero attached hydrogens (tertiary/aromatic N) is 2. The van der Waals surface area contributed by atoms with E-state index < -0.39 is 0 Å². The number of anilines is 2. The van der Waals surface area contributed by atoms with Crippen LogP contribution >= 0.6 is 0 Å². The summed E-state index contributed by atoms with van der Waals surface area (Å²) in [6.45, 7) is 0. The molecule has 1 amide bonds. The molecule has 0 radical (unpaired) electrons. The summed E-state index contributed by atoms with van der Waals surface area (Å²) in [6, 6.07) is 9.35. The molecule has 0 bridgehead atoms. The van der Waals surface area contributed by atoms with Gasteiger partial charge in [0.15, 0.2) is 0 Å². The lowest BCUT2D eigenvalue weighted by Crippen LogP contribution is -2.23. The molecule has 1 aromatic carbocycles. The van der Waals surface area contributed by atoms with Gasteiger partial charge in [-0.1, -0.05) is 25.3 Å². The Hall–Kier alpha value is -2.63. The van der Waals surface area contributed by atoms with Crippen LogP contribution in [-0.2, 0) is 0 Å². The SMILES string of the molecule is COc1cccc(NC(=O)c2cc(NC3CCCCC3)ncn2)c1. The van der Waals surface area contributed by atoms with Crippen molar-refractivity contribution in [3.8, 4) is 5.75 Å². The Morgan fingerprint density at radius 3 is 2.79 bits per heavy atom. The topological polar surface area (TPSA) is 76.1 Å². The molecule has 126 valence electrons. The van der Waals surface area contributed by atoms with Crippen LogP contribution in [0.4, 0.5) is 11.5 Å². The number of nitrogens with one attached hydrogen (secondary N) is 2. The minimum atomic E-state index is -0.266. The number of aromatic nitrogens is 2. The maximum Gasteiger partial charge on any atom is 0.274 e. The molecule has 1 heterocycles. The molecule has 3 rings (SSSR count). The van der Waals surface area contributed by atoms with E-state index >= 15 is 0 Å². The first-order valence-electron chi connectivity index (χ1n) is 8.28. The summed E-state index contributed by atoms with van der Waals surface area (Å²) >= 11 is 0. The molecule has 6 nitrogen and oxygen atoms in total. The minimum absolute atomic E-state index is 0.266. The highest BCUT2D eigenvalue weighted by molar-refractivity contribution is 6.03. The van der Waals surface area contributed by atoms with E-state index in [0.29, 0.717) is 29.0 Å². The molecule has 1 saturated carbocycles. The lowest BCUT2D eigenvalue weighted by molar-refractivity contribution is 0.102. The largest absolute Gasteiger partial charge is 0.497 e. The fourth-order valence-corrected chi connectivity index (χ4v) is 2.91. The zero-order valence-corrected chi connectivity index (χ0v) is 13.8. The van der Waals surface area contributed by atoms with Gasteiger partial charge in [0, 0.05) is 23.9 Å². The Kier molecular flexibility index (Phi) is 5.25. The Morgan fingerprint density at radius 2 is 2.00 bits per heavy atom. The van der Waals surface area contributed by atoms with Crippen LogP contribution in [0.1, 0.15) is 42.6 Å². The zero-order valence-electron chi connectivity index (χ0n) is 13.8. The van der Waals surface area contributed by atoms with Gasteiger partial charge in [-0.25, -0.2) is 9.97 Å². The highest BCUT2D eigenvalue weighted by Gasteiger charge is 2.15. The predicted molar refractivity (Wildman–Crippen MR) is 93.5 cm³/mol. The Morgan fingerprint density at radius 1 is 1.17 bits per heavy atom. The van der Waals surface area contributed by atoms with E-state index in [-0.39, 0.29) is 5.91 Å². The van der Waals surface area contributed by atoms with Crippen molar-refractivity contribution in [3.63, 3.8) is 0 Å². The Balaban J connectivity index is 1.67. The highest BCUT2D eigenvalue weighted by Crippen LogP contribution is 2.21. The second kappa shape index (κ2) is 7.77. The highest BCUT2D eigenvalue weighted by atomic mass is 16.5. The van der Waals surface area contributed by atoms with Gasteiger partial charge >= 0.3 is 0 Å². The first kappa shape index (κ1) is 16.2. The third kappa shape index (κ3) is 4.22. The van der Waals surface area contributed by atoms with Gasteiger partial charge in [0.2, 0.25) is 0 Å². The van der Waals surface area contributed by atoms with Crippen molar-refractivity contribution in [1.29, 1.82) is 0 Å². The molecule has 24 heavy (non-hydrogen) atoms. The second-order valence-electron chi connectivity index (χ2n) is 5.95. The molecule has 0 spiro atoms. The second-order valence-corrected chi connectivity index (χ2v) is 5.95. The van der Waals surface area contributed by atoms with Crippen molar-refractivity contribution in [2.75, 3.05) is 17.7 Å². The standard InChI is InChI=1S/C18H22N4O2/c1-24-15-9-5-8-14(10-15)22-18(23)16-11-17(20-12-19-16)21-13-6-3-2-4-7-13/h5,8-13H,2-4,6-7H2,1H3,(H,22,23)(H,19,20,21). The van der Waals surface area contributed by atoms with E-state index in [1.165, 1.54) is 25.6 Å². The van der Waals surface area contributed by atoms with E-state index in [1.807, 2.05) is 18.2 Å². The van der Waals surface area contributed by atoms with Crippen LogP contribution in [0.3, 0.4) is 0 Å². The molecule has 1 aliphatic rings. The van der Waals surface area contributed by atoms with Crippen molar-refractivity contribution in [1.82, 2.24) is 9.97 Å². The Labute approximate surface area is 141 Å². The summed E-state index contributed by atoms with van der Waals surface area (Å²) in [5.41, 5.74) is 1.01. The Bertz CT molecular complexity index is 699. The molecule has 1 fully saturated rings. The number of hydrogen-bond acceptors (Lipinski definition) is 5. The van der Waals surface area contributed by atoms with Crippen molar-refractivity contribution in [3.05, 3.63) is 42.4 Å². The van der Waals surface area contributed by atoms with Gasteiger partial charge in [-0.3, -0.25) is 4.79 Å². The third-order valence-electron chi connectivity index (χ3n) is 4.18. The van der Waals surface area contributed by atoms with Crippen LogP contribution in [0.25, 0.3) is 0 Å². The van der Waals surface area contributed by atoms with Crippen LogP contribution in [-0.4, -0.2) is 29.0 Å². The van der Waals surface area contributed by atoms with Crippen LogP contribution in [0.15, 0.2) is 36.7 Å². The number of rotatable bonds is 5. The van der Waals surface area contributed by atoms with E-state index in [9.17, 15) is 4.79 Å². The lowest BCUT2D eigenvalue weighted by atomic mass is 9.95. The molecule has 2 aromatic rings. The molecule has 0 aliphatic heterocycles. The molecule has 2 N–H and O–H groups in total. The number of carbonyl (C=O) groups is 1. The van der Waals surface area contributed by atoms with Crippen LogP contribution in [0.2, 0.25) is 0 Å². The fourth-order valence-electron chi connectivity index (χ4n) is 2.91.